The molecule has 2 aromatic rings. The summed E-state index contributed by atoms with van der Waals surface area (Å²) in [5.41, 5.74) is 3.51. The van der Waals surface area contributed by atoms with Crippen molar-refractivity contribution in [3.8, 4) is 5.75 Å². The first kappa shape index (κ1) is 13.1. The summed E-state index contributed by atoms with van der Waals surface area (Å²) in [7, 11) is 1.67. The molecule has 2 nitrogen and oxygen atoms in total. The molecule has 0 unspecified atom stereocenters. The third kappa shape index (κ3) is 4.11. The van der Waals surface area contributed by atoms with Crippen LogP contribution in [0.2, 0.25) is 0 Å². The van der Waals surface area contributed by atoms with Gasteiger partial charge in [-0.25, -0.2) is 0 Å². The van der Waals surface area contributed by atoms with Crippen molar-refractivity contribution in [1.29, 1.82) is 0 Å². The summed E-state index contributed by atoms with van der Waals surface area (Å²) in [4.78, 5) is 4.00. The van der Waals surface area contributed by atoms with E-state index in [4.69, 9.17) is 4.74 Å². The lowest BCUT2D eigenvalue weighted by Crippen LogP contribution is -1.81. The minimum atomic E-state index is 0.877. The van der Waals surface area contributed by atoms with Crippen LogP contribution in [0.5, 0.6) is 5.75 Å². The first-order chi connectivity index (χ1) is 9.28. The van der Waals surface area contributed by atoms with Gasteiger partial charge in [-0.3, -0.25) is 4.98 Å². The summed E-state index contributed by atoms with van der Waals surface area (Å²) < 4.78 is 5.14. The zero-order valence-corrected chi connectivity index (χ0v) is 11.2. The smallest absolute Gasteiger partial charge is 0.118 e. The van der Waals surface area contributed by atoms with Crippen molar-refractivity contribution in [2.45, 2.75) is 6.92 Å². The molecule has 96 valence electrons. The SMILES string of the molecule is COc1ccc(/C=C(C)/C=C\c2ccncc2)cc1. The maximum atomic E-state index is 5.14. The topological polar surface area (TPSA) is 22.1 Å². The molecule has 0 fully saturated rings. The molecular formula is C17H17NO. The zero-order valence-electron chi connectivity index (χ0n) is 11.2. The maximum absolute atomic E-state index is 5.14. The molecule has 0 amide bonds. The molecule has 2 rings (SSSR count). The fourth-order valence-corrected chi connectivity index (χ4v) is 1.71. The number of hydrogen-bond donors (Lipinski definition) is 0. The predicted octanol–water partition coefficient (Wildman–Crippen LogP) is 4.21. The van der Waals surface area contributed by atoms with Crippen molar-refractivity contribution in [3.05, 3.63) is 71.6 Å². The third-order valence-corrected chi connectivity index (χ3v) is 2.75. The van der Waals surface area contributed by atoms with Crippen LogP contribution >= 0.6 is 0 Å². The van der Waals surface area contributed by atoms with Crippen molar-refractivity contribution in [1.82, 2.24) is 4.98 Å². The van der Waals surface area contributed by atoms with Crippen molar-refractivity contribution in [2.75, 3.05) is 7.11 Å². The average Bonchev–Trinajstić information content (AvgIpc) is 2.47. The Morgan fingerprint density at radius 1 is 1.00 bits per heavy atom. The van der Waals surface area contributed by atoms with Gasteiger partial charge in [0.15, 0.2) is 0 Å². The van der Waals surface area contributed by atoms with Crippen molar-refractivity contribution in [2.24, 2.45) is 0 Å². The fourth-order valence-electron chi connectivity index (χ4n) is 1.71. The summed E-state index contributed by atoms with van der Waals surface area (Å²) in [6.07, 6.45) is 9.90. The van der Waals surface area contributed by atoms with Gasteiger partial charge in [-0.15, -0.1) is 0 Å². The van der Waals surface area contributed by atoms with Crippen molar-refractivity contribution < 1.29 is 4.74 Å². The second-order valence-corrected chi connectivity index (χ2v) is 4.28. The molecule has 1 aromatic carbocycles. The lowest BCUT2D eigenvalue weighted by molar-refractivity contribution is 0.415. The van der Waals surface area contributed by atoms with Gasteiger partial charge in [-0.2, -0.15) is 0 Å². The summed E-state index contributed by atoms with van der Waals surface area (Å²) in [5, 5.41) is 0. The predicted molar refractivity (Wildman–Crippen MR) is 79.9 cm³/mol. The fraction of sp³-hybridized carbons (Fsp3) is 0.118. The Morgan fingerprint density at radius 3 is 2.32 bits per heavy atom. The van der Waals surface area contributed by atoms with Crippen LogP contribution in [-0.4, -0.2) is 12.1 Å². The van der Waals surface area contributed by atoms with E-state index in [1.54, 1.807) is 19.5 Å². The van der Waals surface area contributed by atoms with Crippen LogP contribution in [0.15, 0.2) is 60.4 Å². The van der Waals surface area contributed by atoms with Gasteiger partial charge in [0.25, 0.3) is 0 Å². The molecule has 0 bridgehead atoms. The molecule has 2 heteroatoms. The zero-order chi connectivity index (χ0) is 13.5. The molecule has 0 saturated heterocycles. The highest BCUT2D eigenvalue weighted by atomic mass is 16.5. The molecule has 0 aliphatic heterocycles. The first-order valence-electron chi connectivity index (χ1n) is 6.18. The van der Waals surface area contributed by atoms with Crippen molar-refractivity contribution >= 4 is 12.2 Å². The van der Waals surface area contributed by atoms with Crippen LogP contribution in [0.3, 0.4) is 0 Å². The maximum Gasteiger partial charge on any atom is 0.118 e. The highest BCUT2D eigenvalue weighted by Crippen LogP contribution is 2.14. The monoisotopic (exact) mass is 251 g/mol. The number of methoxy groups -OCH3 is 1. The molecule has 0 spiro atoms. The summed E-state index contributed by atoms with van der Waals surface area (Å²) >= 11 is 0. The Hall–Kier alpha value is -2.35. The molecule has 0 N–H and O–H groups in total. The Kier molecular flexibility index (Phi) is 4.51. The molecule has 0 atom stereocenters. The highest BCUT2D eigenvalue weighted by Gasteiger charge is 1.91. The van der Waals surface area contributed by atoms with Gasteiger partial charge < -0.3 is 4.74 Å². The molecule has 0 aliphatic carbocycles. The number of hydrogen-bond acceptors (Lipinski definition) is 2. The van der Waals surface area contributed by atoms with Crippen LogP contribution in [0.4, 0.5) is 0 Å². The lowest BCUT2D eigenvalue weighted by atomic mass is 10.1. The van der Waals surface area contributed by atoms with E-state index in [9.17, 15) is 0 Å². The number of nitrogens with zero attached hydrogens (tertiary/aromatic N) is 1. The van der Waals surface area contributed by atoms with E-state index in [0.29, 0.717) is 0 Å². The summed E-state index contributed by atoms with van der Waals surface area (Å²) in [6.45, 7) is 2.09. The van der Waals surface area contributed by atoms with Gasteiger partial charge >= 0.3 is 0 Å². The van der Waals surface area contributed by atoms with E-state index in [-0.39, 0.29) is 0 Å². The van der Waals surface area contributed by atoms with Crippen LogP contribution < -0.4 is 4.74 Å². The summed E-state index contributed by atoms with van der Waals surface area (Å²) in [6, 6.07) is 12.0. The van der Waals surface area contributed by atoms with E-state index in [0.717, 1.165) is 16.9 Å². The number of pyridine rings is 1. The number of allylic oxidation sites excluding steroid dienone is 2. The van der Waals surface area contributed by atoms with Crippen LogP contribution in [0.1, 0.15) is 18.1 Å². The largest absolute Gasteiger partial charge is 0.497 e. The molecule has 0 radical (unpaired) electrons. The molecule has 0 saturated carbocycles. The Morgan fingerprint density at radius 2 is 1.68 bits per heavy atom. The van der Waals surface area contributed by atoms with Gasteiger partial charge in [0.1, 0.15) is 5.75 Å². The van der Waals surface area contributed by atoms with Gasteiger partial charge in [-0.1, -0.05) is 35.9 Å². The first-order valence-corrected chi connectivity index (χ1v) is 6.18. The second kappa shape index (κ2) is 6.55. The Balaban J connectivity index is 2.08. The van der Waals surface area contributed by atoms with Gasteiger partial charge in [0.2, 0.25) is 0 Å². The quantitative estimate of drug-likeness (QED) is 0.759. The normalized spacial score (nSPS) is 11.8. The third-order valence-electron chi connectivity index (χ3n) is 2.75. The average molecular weight is 251 g/mol. The van der Waals surface area contributed by atoms with Crippen LogP contribution in [0.25, 0.3) is 12.2 Å². The van der Waals surface area contributed by atoms with E-state index >= 15 is 0 Å². The minimum Gasteiger partial charge on any atom is -0.497 e. The number of benzene rings is 1. The van der Waals surface area contributed by atoms with Crippen LogP contribution in [-0.2, 0) is 0 Å². The molecular weight excluding hydrogens is 234 g/mol. The van der Waals surface area contributed by atoms with Crippen LogP contribution in [0, 0.1) is 0 Å². The number of ether oxygens (including phenoxy) is 1. The molecule has 1 aromatic heterocycles. The van der Waals surface area contributed by atoms with E-state index in [2.05, 4.69) is 30.1 Å². The van der Waals surface area contributed by atoms with E-state index in [1.807, 2.05) is 36.4 Å². The number of rotatable bonds is 4. The van der Waals surface area contributed by atoms with Gasteiger partial charge in [-0.05, 0) is 42.3 Å². The highest BCUT2D eigenvalue weighted by molar-refractivity contribution is 5.61. The minimum absolute atomic E-state index is 0.877. The van der Waals surface area contributed by atoms with Crippen molar-refractivity contribution in [3.63, 3.8) is 0 Å². The van der Waals surface area contributed by atoms with Gasteiger partial charge in [0.05, 0.1) is 7.11 Å². The Labute approximate surface area is 114 Å². The standard InChI is InChI=1S/C17H17NO/c1-14(3-4-15-9-11-18-12-10-15)13-16-5-7-17(19-2)8-6-16/h3-13H,1-2H3/b4-3-,14-13+. The van der Waals surface area contributed by atoms with E-state index in [1.165, 1.54) is 5.57 Å². The molecule has 19 heavy (non-hydrogen) atoms. The number of aromatic nitrogens is 1. The molecule has 0 aliphatic rings. The van der Waals surface area contributed by atoms with Gasteiger partial charge in [0, 0.05) is 12.4 Å². The lowest BCUT2D eigenvalue weighted by Gasteiger charge is -2.00. The summed E-state index contributed by atoms with van der Waals surface area (Å²) in [5.74, 6) is 0.877. The molecule has 1 heterocycles. The second-order valence-electron chi connectivity index (χ2n) is 4.28. The van der Waals surface area contributed by atoms with E-state index < -0.39 is 0 Å². The Bertz CT molecular complexity index is 568.